The van der Waals surface area contributed by atoms with Crippen molar-refractivity contribution in [1.82, 2.24) is 30.4 Å². The fraction of sp³-hybridized carbons (Fsp3) is 0.462. The largest absolute Gasteiger partial charge is 0.349 e. The number of benzene rings is 1. The minimum atomic E-state index is -0.488. The van der Waals surface area contributed by atoms with Gasteiger partial charge in [0.25, 0.3) is 11.8 Å². The maximum Gasteiger partial charge on any atom is 0.280 e. The van der Waals surface area contributed by atoms with Crippen LogP contribution in [-0.2, 0) is 17.8 Å². The van der Waals surface area contributed by atoms with Gasteiger partial charge in [-0.2, -0.15) is 0 Å². The maximum absolute atomic E-state index is 13.7. The molecule has 3 atom stereocenters. The number of hydrogen-bond acceptors (Lipinski definition) is 6. The highest BCUT2D eigenvalue weighted by Gasteiger charge is 2.37. The van der Waals surface area contributed by atoms with Crippen LogP contribution < -0.4 is 10.6 Å². The number of amides is 3. The van der Waals surface area contributed by atoms with Gasteiger partial charge in [0.15, 0.2) is 5.01 Å². The molecule has 1 saturated carbocycles. The molecule has 0 saturated heterocycles. The summed E-state index contributed by atoms with van der Waals surface area (Å²) < 4.78 is 13.7. The monoisotopic (exact) mass is 596 g/mol. The summed E-state index contributed by atoms with van der Waals surface area (Å²) in [4.78, 5) is 51.6. The number of nitrogens with zero attached hydrogens (tertiary/aromatic N) is 3. The molecule has 0 radical (unpaired) electrons. The number of H-pyrrole nitrogens is 1. The van der Waals surface area contributed by atoms with Gasteiger partial charge in [-0.3, -0.25) is 14.4 Å². The lowest BCUT2D eigenvalue weighted by atomic mass is 9.81. The molecule has 0 spiro atoms. The SMILES string of the molecule is CN1CCc2nc(C(=O)N[C@@H]3C[C@@H](C(=O)N(C)C)CC[C@@H]3NC(=O)c3[nH]c4ccc(F)cc4c3Cl)sc2C1.Cl. The Balaban J connectivity index is 0.00000353. The normalized spacial score (nSPS) is 21.1. The van der Waals surface area contributed by atoms with Crippen molar-refractivity contribution in [2.75, 3.05) is 27.7 Å². The van der Waals surface area contributed by atoms with Crippen molar-refractivity contribution in [2.45, 2.75) is 44.3 Å². The minimum absolute atomic E-state index is 0. The lowest BCUT2D eigenvalue weighted by Gasteiger charge is -2.37. The molecule has 1 fully saturated rings. The quantitative estimate of drug-likeness (QED) is 0.417. The summed E-state index contributed by atoms with van der Waals surface area (Å²) in [6.07, 6.45) is 2.24. The van der Waals surface area contributed by atoms with Crippen LogP contribution in [-0.4, -0.2) is 77.3 Å². The lowest BCUT2D eigenvalue weighted by Crippen LogP contribution is -2.56. The van der Waals surface area contributed by atoms with E-state index in [0.29, 0.717) is 35.2 Å². The van der Waals surface area contributed by atoms with Crippen molar-refractivity contribution in [2.24, 2.45) is 5.92 Å². The molecule has 2 aromatic heterocycles. The van der Waals surface area contributed by atoms with Gasteiger partial charge in [-0.15, -0.1) is 23.7 Å². The molecular formula is C26H31Cl2FN6O3S. The lowest BCUT2D eigenvalue weighted by molar-refractivity contribution is -0.134. The van der Waals surface area contributed by atoms with Crippen LogP contribution in [0.3, 0.4) is 0 Å². The average Bonchev–Trinajstić information content (AvgIpc) is 3.45. The van der Waals surface area contributed by atoms with Gasteiger partial charge in [0.2, 0.25) is 5.91 Å². The van der Waals surface area contributed by atoms with E-state index < -0.39 is 23.8 Å². The van der Waals surface area contributed by atoms with Crippen LogP contribution in [0.15, 0.2) is 18.2 Å². The second kappa shape index (κ2) is 11.8. The highest BCUT2D eigenvalue weighted by Crippen LogP contribution is 2.31. The predicted octanol–water partition coefficient (Wildman–Crippen LogP) is 3.61. The number of nitrogens with one attached hydrogen (secondary N) is 3. The van der Waals surface area contributed by atoms with Crippen LogP contribution >= 0.6 is 35.3 Å². The third-order valence-electron chi connectivity index (χ3n) is 7.31. The molecule has 3 amide bonds. The van der Waals surface area contributed by atoms with E-state index in [1.807, 2.05) is 7.05 Å². The Kier molecular flexibility index (Phi) is 8.85. The first-order valence-electron chi connectivity index (χ1n) is 12.6. The molecule has 3 N–H and O–H groups in total. The third-order valence-corrected chi connectivity index (χ3v) is 8.79. The van der Waals surface area contributed by atoms with E-state index in [-0.39, 0.29) is 40.9 Å². The molecular weight excluding hydrogens is 566 g/mol. The summed E-state index contributed by atoms with van der Waals surface area (Å²) >= 11 is 7.80. The minimum Gasteiger partial charge on any atom is -0.349 e. The number of likely N-dealkylation sites (N-methyl/N-ethyl adjacent to an activating group) is 1. The standard InChI is InChI=1S/C26H30ClFN6O3S.ClH/c1-33(2)26(37)13-4-6-17(30-23(35)22-21(27)15-11-14(28)5-7-16(15)29-22)19(10-13)31-24(36)25-32-18-8-9-34(3)12-20(18)38-25;/h5,7,11,13,17,19,29H,4,6,8-10,12H2,1-3H3,(H,30,35)(H,31,36);1H/t13-,17-,19+;/m0./s1. The second-order valence-corrected chi connectivity index (χ2v) is 11.7. The number of aromatic amines is 1. The number of halogens is 3. The Bertz CT molecular complexity index is 1410. The zero-order chi connectivity index (χ0) is 27.1. The molecule has 1 aliphatic carbocycles. The molecule has 5 rings (SSSR count). The fourth-order valence-corrected chi connectivity index (χ4v) is 6.65. The zero-order valence-corrected chi connectivity index (χ0v) is 24.2. The van der Waals surface area contributed by atoms with Gasteiger partial charge < -0.3 is 25.4 Å². The Morgan fingerprint density at radius 3 is 2.67 bits per heavy atom. The maximum atomic E-state index is 13.7. The van der Waals surface area contributed by atoms with Crippen molar-refractivity contribution in [3.05, 3.63) is 50.3 Å². The molecule has 1 aliphatic heterocycles. The van der Waals surface area contributed by atoms with Crippen LogP contribution in [0.1, 0.15) is 50.1 Å². The number of carbonyl (C=O) groups excluding carboxylic acids is 3. The first kappa shape index (κ1) is 29.3. The van der Waals surface area contributed by atoms with Gasteiger partial charge in [0, 0.05) is 61.3 Å². The molecule has 0 unspecified atom stereocenters. The van der Waals surface area contributed by atoms with Gasteiger partial charge in [-0.25, -0.2) is 9.37 Å². The van der Waals surface area contributed by atoms with Gasteiger partial charge in [-0.05, 0) is 44.5 Å². The topological polar surface area (TPSA) is 110 Å². The molecule has 1 aromatic carbocycles. The number of rotatable bonds is 5. The highest BCUT2D eigenvalue weighted by molar-refractivity contribution is 7.13. The second-order valence-electron chi connectivity index (χ2n) is 10.3. The predicted molar refractivity (Wildman–Crippen MR) is 151 cm³/mol. The smallest absolute Gasteiger partial charge is 0.280 e. The van der Waals surface area contributed by atoms with Crippen LogP contribution in [0.25, 0.3) is 10.9 Å². The zero-order valence-electron chi connectivity index (χ0n) is 21.8. The van der Waals surface area contributed by atoms with Crippen molar-refractivity contribution in [3.8, 4) is 0 Å². The summed E-state index contributed by atoms with van der Waals surface area (Å²) in [5, 5.41) is 6.98. The van der Waals surface area contributed by atoms with Gasteiger partial charge in [0.1, 0.15) is 11.5 Å². The summed E-state index contributed by atoms with van der Waals surface area (Å²) in [6, 6.07) is 3.17. The van der Waals surface area contributed by atoms with Crippen LogP contribution in [0.4, 0.5) is 4.39 Å². The molecule has 9 nitrogen and oxygen atoms in total. The van der Waals surface area contributed by atoms with Crippen LogP contribution in [0, 0.1) is 11.7 Å². The number of fused-ring (bicyclic) bond motifs is 2. The molecule has 3 heterocycles. The van der Waals surface area contributed by atoms with Gasteiger partial charge in [-0.1, -0.05) is 11.6 Å². The Labute approximate surface area is 240 Å². The fourth-order valence-electron chi connectivity index (χ4n) is 5.27. The molecule has 2 aliphatic rings. The van der Waals surface area contributed by atoms with Gasteiger partial charge in [0.05, 0.1) is 16.8 Å². The molecule has 3 aromatic rings. The summed E-state index contributed by atoms with van der Waals surface area (Å²) in [5.41, 5.74) is 1.63. The molecule has 39 heavy (non-hydrogen) atoms. The Hall–Kier alpha value is -2.73. The van der Waals surface area contributed by atoms with E-state index in [1.165, 1.54) is 29.5 Å². The number of aromatic nitrogens is 2. The van der Waals surface area contributed by atoms with E-state index in [0.717, 1.165) is 30.1 Å². The average molecular weight is 598 g/mol. The van der Waals surface area contributed by atoms with E-state index in [1.54, 1.807) is 19.0 Å². The van der Waals surface area contributed by atoms with Gasteiger partial charge >= 0.3 is 0 Å². The Morgan fingerprint density at radius 2 is 1.92 bits per heavy atom. The first-order valence-corrected chi connectivity index (χ1v) is 13.8. The first-order chi connectivity index (χ1) is 18.1. The number of carbonyl (C=O) groups is 3. The van der Waals surface area contributed by atoms with Crippen molar-refractivity contribution in [3.63, 3.8) is 0 Å². The number of thiazole rings is 1. The van der Waals surface area contributed by atoms with E-state index in [4.69, 9.17) is 11.6 Å². The molecule has 0 bridgehead atoms. The van der Waals surface area contributed by atoms with E-state index in [9.17, 15) is 18.8 Å². The van der Waals surface area contributed by atoms with Crippen molar-refractivity contribution >= 4 is 64.0 Å². The van der Waals surface area contributed by atoms with E-state index >= 15 is 0 Å². The summed E-state index contributed by atoms with van der Waals surface area (Å²) in [5.74, 6) is -1.51. The number of hydrogen-bond donors (Lipinski definition) is 3. The molecule has 210 valence electrons. The third kappa shape index (κ3) is 6.06. The van der Waals surface area contributed by atoms with Crippen LogP contribution in [0.5, 0.6) is 0 Å². The van der Waals surface area contributed by atoms with Crippen LogP contribution in [0.2, 0.25) is 5.02 Å². The van der Waals surface area contributed by atoms with Crippen molar-refractivity contribution < 1.29 is 18.8 Å². The summed E-state index contributed by atoms with van der Waals surface area (Å²) in [7, 11) is 5.46. The van der Waals surface area contributed by atoms with Crippen molar-refractivity contribution in [1.29, 1.82) is 0 Å². The van der Waals surface area contributed by atoms with E-state index in [2.05, 4.69) is 25.5 Å². The highest BCUT2D eigenvalue weighted by atomic mass is 35.5. The molecule has 13 heteroatoms. The Morgan fingerprint density at radius 1 is 1.18 bits per heavy atom. The summed E-state index contributed by atoms with van der Waals surface area (Å²) in [6.45, 7) is 1.66.